The fourth-order valence-electron chi connectivity index (χ4n) is 4.55. The molecule has 164 valence electrons. The molecular formula is C27H40N2O. The molecule has 3 rings (SSSR count). The van der Waals surface area contributed by atoms with Gasteiger partial charge in [-0.15, -0.1) is 0 Å². The predicted octanol–water partition coefficient (Wildman–Crippen LogP) is 7.64. The lowest BCUT2D eigenvalue weighted by molar-refractivity contribution is 0.250. The molecule has 1 fully saturated rings. The Balaban J connectivity index is 1.41. The first kappa shape index (κ1) is 22.8. The summed E-state index contributed by atoms with van der Waals surface area (Å²) < 4.78 is 5.79. The molecule has 0 unspecified atom stereocenters. The lowest BCUT2D eigenvalue weighted by atomic mass is 9.78. The molecule has 1 aliphatic carbocycles. The number of rotatable bonds is 12. The van der Waals surface area contributed by atoms with E-state index in [9.17, 15) is 0 Å². The number of hydrogen-bond acceptors (Lipinski definition) is 3. The van der Waals surface area contributed by atoms with Crippen molar-refractivity contribution in [1.29, 1.82) is 0 Å². The molecule has 1 aromatic heterocycles. The monoisotopic (exact) mass is 408 g/mol. The maximum Gasteiger partial charge on any atom is 0.159 e. The van der Waals surface area contributed by atoms with Gasteiger partial charge >= 0.3 is 0 Å². The zero-order valence-corrected chi connectivity index (χ0v) is 19.1. The van der Waals surface area contributed by atoms with Crippen molar-refractivity contribution in [3.8, 4) is 17.1 Å². The largest absolute Gasteiger partial charge is 0.494 e. The molecule has 0 atom stereocenters. The van der Waals surface area contributed by atoms with Crippen LogP contribution < -0.4 is 4.74 Å². The first-order chi connectivity index (χ1) is 14.8. The third kappa shape index (κ3) is 7.41. The quantitative estimate of drug-likeness (QED) is 0.338. The number of aromatic nitrogens is 2. The highest BCUT2D eigenvalue weighted by atomic mass is 16.5. The van der Waals surface area contributed by atoms with Crippen molar-refractivity contribution < 1.29 is 4.74 Å². The highest BCUT2D eigenvalue weighted by Crippen LogP contribution is 2.34. The Morgan fingerprint density at radius 1 is 0.800 bits per heavy atom. The Morgan fingerprint density at radius 2 is 1.43 bits per heavy atom. The molecule has 0 aliphatic heterocycles. The average Bonchev–Trinajstić information content (AvgIpc) is 2.81. The maximum atomic E-state index is 5.79. The van der Waals surface area contributed by atoms with Crippen LogP contribution >= 0.6 is 0 Å². The molecule has 3 heteroatoms. The SMILES string of the molecule is CCCCCOc1ccc(-c2ncc(CCC3CCC(CCCC)CC3)cn2)cc1. The molecule has 0 amide bonds. The number of hydrogen-bond donors (Lipinski definition) is 0. The van der Waals surface area contributed by atoms with E-state index in [1.165, 1.54) is 69.8 Å². The van der Waals surface area contributed by atoms with Crippen molar-refractivity contribution in [2.24, 2.45) is 11.8 Å². The van der Waals surface area contributed by atoms with Crippen LogP contribution in [0.2, 0.25) is 0 Å². The number of aryl methyl sites for hydroxylation is 1. The van der Waals surface area contributed by atoms with Gasteiger partial charge in [0, 0.05) is 18.0 Å². The summed E-state index contributed by atoms with van der Waals surface area (Å²) in [5, 5.41) is 0. The van der Waals surface area contributed by atoms with Gasteiger partial charge in [-0.1, -0.05) is 71.6 Å². The third-order valence-electron chi connectivity index (χ3n) is 6.61. The van der Waals surface area contributed by atoms with Gasteiger partial charge in [0.15, 0.2) is 5.82 Å². The minimum absolute atomic E-state index is 0.790. The van der Waals surface area contributed by atoms with Crippen LogP contribution in [-0.4, -0.2) is 16.6 Å². The van der Waals surface area contributed by atoms with Crippen LogP contribution in [-0.2, 0) is 6.42 Å². The molecular weight excluding hydrogens is 368 g/mol. The summed E-state index contributed by atoms with van der Waals surface area (Å²) in [6.07, 6.45) is 19.9. The van der Waals surface area contributed by atoms with E-state index in [1.807, 2.05) is 24.5 Å². The summed E-state index contributed by atoms with van der Waals surface area (Å²) in [5.74, 6) is 3.62. The van der Waals surface area contributed by atoms with Crippen LogP contribution in [0.5, 0.6) is 5.75 Å². The Labute approximate surface area is 183 Å². The van der Waals surface area contributed by atoms with E-state index in [4.69, 9.17) is 4.74 Å². The Kier molecular flexibility index (Phi) is 9.66. The van der Waals surface area contributed by atoms with E-state index in [1.54, 1.807) is 0 Å². The van der Waals surface area contributed by atoms with Gasteiger partial charge < -0.3 is 4.74 Å². The van der Waals surface area contributed by atoms with Gasteiger partial charge in [0.05, 0.1) is 6.61 Å². The standard InChI is InChI=1S/C27H40N2O/c1-3-5-7-19-30-26-17-15-25(16-18-26)27-28-20-24(21-29-27)14-13-23-11-9-22(10-12-23)8-6-4-2/h15-18,20-23H,3-14,19H2,1-2H3. The second-order valence-electron chi connectivity index (χ2n) is 9.06. The Morgan fingerprint density at radius 3 is 2.07 bits per heavy atom. The smallest absolute Gasteiger partial charge is 0.159 e. The normalized spacial score (nSPS) is 19.0. The molecule has 1 aliphatic rings. The molecule has 0 spiro atoms. The molecule has 1 aromatic carbocycles. The van der Waals surface area contributed by atoms with E-state index < -0.39 is 0 Å². The zero-order chi connectivity index (χ0) is 21.0. The van der Waals surface area contributed by atoms with Gasteiger partial charge in [0.1, 0.15) is 5.75 Å². The van der Waals surface area contributed by atoms with Crippen molar-refractivity contribution in [2.75, 3.05) is 6.61 Å². The van der Waals surface area contributed by atoms with Gasteiger partial charge in [-0.3, -0.25) is 0 Å². The number of nitrogens with zero attached hydrogens (tertiary/aromatic N) is 2. The van der Waals surface area contributed by atoms with Crippen molar-refractivity contribution >= 4 is 0 Å². The fraction of sp³-hybridized carbons (Fsp3) is 0.630. The van der Waals surface area contributed by atoms with Crippen molar-refractivity contribution in [3.63, 3.8) is 0 Å². The van der Waals surface area contributed by atoms with Crippen LogP contribution in [0.25, 0.3) is 11.4 Å². The lowest BCUT2D eigenvalue weighted by Crippen LogP contribution is -2.15. The predicted molar refractivity (Wildman–Crippen MR) is 126 cm³/mol. The zero-order valence-electron chi connectivity index (χ0n) is 19.1. The first-order valence-electron chi connectivity index (χ1n) is 12.3. The number of benzene rings is 1. The topological polar surface area (TPSA) is 35.0 Å². The summed E-state index contributed by atoms with van der Waals surface area (Å²) in [5.41, 5.74) is 2.32. The molecule has 0 bridgehead atoms. The highest BCUT2D eigenvalue weighted by molar-refractivity contribution is 5.55. The van der Waals surface area contributed by atoms with Gasteiger partial charge in [-0.2, -0.15) is 0 Å². The van der Waals surface area contributed by atoms with Gasteiger partial charge in [0.25, 0.3) is 0 Å². The van der Waals surface area contributed by atoms with Crippen LogP contribution in [0.15, 0.2) is 36.7 Å². The molecule has 0 saturated heterocycles. The Bertz CT molecular complexity index is 703. The summed E-state index contributed by atoms with van der Waals surface area (Å²) in [6, 6.07) is 8.16. The van der Waals surface area contributed by atoms with Crippen LogP contribution in [0.1, 0.15) is 90.0 Å². The van der Waals surface area contributed by atoms with Gasteiger partial charge in [-0.25, -0.2) is 9.97 Å². The first-order valence-corrected chi connectivity index (χ1v) is 12.3. The summed E-state index contributed by atoms with van der Waals surface area (Å²) in [4.78, 5) is 9.25. The van der Waals surface area contributed by atoms with Gasteiger partial charge in [0.2, 0.25) is 0 Å². The fourth-order valence-corrected chi connectivity index (χ4v) is 4.55. The molecule has 1 heterocycles. The Hall–Kier alpha value is -1.90. The second-order valence-corrected chi connectivity index (χ2v) is 9.06. The van der Waals surface area contributed by atoms with Gasteiger partial charge in [-0.05, 0) is 60.9 Å². The van der Waals surface area contributed by atoms with Crippen molar-refractivity contribution in [3.05, 3.63) is 42.2 Å². The van der Waals surface area contributed by atoms with E-state index >= 15 is 0 Å². The average molecular weight is 409 g/mol. The van der Waals surface area contributed by atoms with Crippen molar-refractivity contribution in [1.82, 2.24) is 9.97 Å². The minimum atomic E-state index is 0.790. The molecule has 0 radical (unpaired) electrons. The van der Waals surface area contributed by atoms with E-state index in [0.29, 0.717) is 0 Å². The summed E-state index contributed by atoms with van der Waals surface area (Å²) in [7, 11) is 0. The van der Waals surface area contributed by atoms with E-state index in [0.717, 1.165) is 48.4 Å². The maximum absolute atomic E-state index is 5.79. The van der Waals surface area contributed by atoms with E-state index in [2.05, 4.69) is 35.9 Å². The molecule has 2 aromatic rings. The number of ether oxygens (including phenoxy) is 1. The highest BCUT2D eigenvalue weighted by Gasteiger charge is 2.20. The molecule has 1 saturated carbocycles. The van der Waals surface area contributed by atoms with Crippen LogP contribution in [0, 0.1) is 11.8 Å². The molecule has 3 nitrogen and oxygen atoms in total. The summed E-state index contributed by atoms with van der Waals surface area (Å²) >= 11 is 0. The lowest BCUT2D eigenvalue weighted by Gasteiger charge is -2.28. The minimum Gasteiger partial charge on any atom is -0.494 e. The summed E-state index contributed by atoms with van der Waals surface area (Å²) in [6.45, 7) is 5.30. The molecule has 0 N–H and O–H groups in total. The third-order valence-corrected chi connectivity index (χ3v) is 6.61. The van der Waals surface area contributed by atoms with Crippen molar-refractivity contribution in [2.45, 2.75) is 90.9 Å². The van der Waals surface area contributed by atoms with Crippen LogP contribution in [0.4, 0.5) is 0 Å². The van der Waals surface area contributed by atoms with Crippen LogP contribution in [0.3, 0.4) is 0 Å². The second kappa shape index (κ2) is 12.7. The van der Waals surface area contributed by atoms with E-state index in [-0.39, 0.29) is 0 Å². The molecule has 30 heavy (non-hydrogen) atoms. The number of unbranched alkanes of at least 4 members (excludes halogenated alkanes) is 3.